The summed E-state index contributed by atoms with van der Waals surface area (Å²) in [5.74, 6) is 1.60. The fraction of sp³-hybridized carbons (Fsp3) is 0.286. The van der Waals surface area contributed by atoms with Crippen molar-refractivity contribution in [3.05, 3.63) is 72.7 Å². The maximum absolute atomic E-state index is 13.3. The van der Waals surface area contributed by atoms with Gasteiger partial charge in [-0.25, -0.2) is 9.97 Å². The smallest absolute Gasteiger partial charge is 0.246 e. The summed E-state index contributed by atoms with van der Waals surface area (Å²) < 4.78 is 0. The number of amides is 1. The van der Waals surface area contributed by atoms with Crippen LogP contribution in [0.5, 0.6) is 0 Å². The van der Waals surface area contributed by atoms with Crippen molar-refractivity contribution in [3.63, 3.8) is 0 Å². The summed E-state index contributed by atoms with van der Waals surface area (Å²) in [5, 5.41) is 17.1. The van der Waals surface area contributed by atoms with Crippen molar-refractivity contribution in [1.82, 2.24) is 30.4 Å². The lowest BCUT2D eigenvalue weighted by Crippen LogP contribution is -2.56. The zero-order chi connectivity index (χ0) is 25.4. The molecule has 37 heavy (non-hydrogen) atoms. The van der Waals surface area contributed by atoms with Crippen LogP contribution in [0.25, 0.3) is 22.5 Å². The Labute approximate surface area is 215 Å². The lowest BCUT2D eigenvalue weighted by Gasteiger charge is -2.36. The normalized spacial score (nSPS) is 20.8. The minimum Gasteiger partial charge on any atom is -0.373 e. The molecule has 6 rings (SSSR count). The summed E-state index contributed by atoms with van der Waals surface area (Å²) in [7, 11) is 0. The van der Waals surface area contributed by atoms with Crippen LogP contribution in [-0.2, 0) is 4.79 Å². The van der Waals surface area contributed by atoms with Crippen molar-refractivity contribution in [2.45, 2.75) is 31.8 Å². The van der Waals surface area contributed by atoms with Crippen molar-refractivity contribution < 1.29 is 4.79 Å². The predicted molar refractivity (Wildman–Crippen MR) is 145 cm³/mol. The molecular formula is C28H30N8O. The van der Waals surface area contributed by atoms with E-state index in [1.165, 1.54) is 0 Å². The van der Waals surface area contributed by atoms with E-state index < -0.39 is 0 Å². The number of nitrogens with one attached hydrogen (secondary N) is 4. The van der Waals surface area contributed by atoms with Gasteiger partial charge in [-0.2, -0.15) is 5.10 Å². The fourth-order valence-electron chi connectivity index (χ4n) is 5.18. The van der Waals surface area contributed by atoms with Gasteiger partial charge >= 0.3 is 0 Å². The first-order valence-electron chi connectivity index (χ1n) is 12.7. The number of anilines is 3. The van der Waals surface area contributed by atoms with Gasteiger partial charge in [0.25, 0.3) is 0 Å². The molecule has 3 atom stereocenters. The molecule has 2 aromatic heterocycles. The summed E-state index contributed by atoms with van der Waals surface area (Å²) >= 11 is 0. The number of hydrogen-bond donors (Lipinski definition) is 4. The van der Waals surface area contributed by atoms with Crippen LogP contribution in [0.15, 0.2) is 67.1 Å². The molecule has 2 aliphatic rings. The highest BCUT2D eigenvalue weighted by molar-refractivity contribution is 5.89. The van der Waals surface area contributed by atoms with Gasteiger partial charge in [-0.15, -0.1) is 0 Å². The molecule has 0 saturated carbocycles. The van der Waals surface area contributed by atoms with Gasteiger partial charge in [-0.05, 0) is 42.3 Å². The predicted octanol–water partition coefficient (Wildman–Crippen LogP) is 4.00. The Hall–Kier alpha value is -4.24. The van der Waals surface area contributed by atoms with Crippen LogP contribution in [0.4, 0.5) is 17.2 Å². The Morgan fingerprint density at radius 2 is 1.89 bits per heavy atom. The zero-order valence-electron chi connectivity index (χ0n) is 20.9. The molecule has 0 aliphatic carbocycles. The molecule has 2 unspecified atom stereocenters. The third kappa shape index (κ3) is 4.53. The van der Waals surface area contributed by atoms with Crippen LogP contribution < -0.4 is 16.0 Å². The van der Waals surface area contributed by atoms with Gasteiger partial charge in [-0.3, -0.25) is 9.89 Å². The topological polar surface area (TPSA) is 111 Å². The summed E-state index contributed by atoms with van der Waals surface area (Å²) in [6.45, 7) is 6.63. The van der Waals surface area contributed by atoms with E-state index in [2.05, 4.69) is 57.1 Å². The monoisotopic (exact) mass is 494 g/mol. The molecular weight excluding hydrogens is 464 g/mol. The fourth-order valence-corrected chi connectivity index (χ4v) is 5.18. The number of hydrogen-bond acceptors (Lipinski definition) is 7. The van der Waals surface area contributed by atoms with E-state index in [9.17, 15) is 4.79 Å². The molecule has 9 heteroatoms. The third-order valence-electron chi connectivity index (χ3n) is 7.31. The number of piperazine rings is 1. The quantitative estimate of drug-likeness (QED) is 0.332. The van der Waals surface area contributed by atoms with Crippen LogP contribution in [0.2, 0.25) is 0 Å². The number of benzene rings is 2. The van der Waals surface area contributed by atoms with Gasteiger partial charge in [-0.1, -0.05) is 31.2 Å². The average molecular weight is 495 g/mol. The molecule has 1 fully saturated rings. The van der Waals surface area contributed by atoms with Crippen LogP contribution >= 0.6 is 0 Å². The van der Waals surface area contributed by atoms with Gasteiger partial charge in [0.2, 0.25) is 5.91 Å². The molecule has 4 N–H and O–H groups in total. The zero-order valence-corrected chi connectivity index (χ0v) is 20.9. The van der Waals surface area contributed by atoms with Gasteiger partial charge in [0.15, 0.2) is 5.82 Å². The van der Waals surface area contributed by atoms with Crippen LogP contribution in [0.3, 0.4) is 0 Å². The second kappa shape index (κ2) is 9.67. The number of rotatable bonds is 5. The second-order valence-corrected chi connectivity index (χ2v) is 9.75. The highest BCUT2D eigenvalue weighted by Gasteiger charge is 2.38. The summed E-state index contributed by atoms with van der Waals surface area (Å²) in [6.07, 6.45) is 5.43. The Bertz CT molecular complexity index is 1400. The number of nitrogens with zero attached hydrogens (tertiary/aromatic N) is 4. The van der Waals surface area contributed by atoms with Crippen molar-refractivity contribution in [1.29, 1.82) is 0 Å². The summed E-state index contributed by atoms with van der Waals surface area (Å²) in [6, 6.07) is 16.1. The van der Waals surface area contributed by atoms with Crippen molar-refractivity contribution >= 4 is 23.1 Å². The van der Waals surface area contributed by atoms with Crippen LogP contribution in [0.1, 0.15) is 25.3 Å². The van der Waals surface area contributed by atoms with Crippen molar-refractivity contribution in [3.8, 4) is 22.5 Å². The lowest BCUT2D eigenvalue weighted by atomic mass is 9.95. The molecule has 9 nitrogen and oxygen atoms in total. The summed E-state index contributed by atoms with van der Waals surface area (Å²) in [5.41, 5.74) is 6.10. The molecule has 1 saturated heterocycles. The first-order chi connectivity index (χ1) is 18.1. The Morgan fingerprint density at radius 3 is 2.68 bits per heavy atom. The van der Waals surface area contributed by atoms with Crippen LogP contribution in [-0.4, -0.2) is 62.7 Å². The number of aromatic amines is 1. The second-order valence-electron chi connectivity index (χ2n) is 9.75. The first-order valence-corrected chi connectivity index (χ1v) is 12.7. The molecule has 2 aliphatic heterocycles. The van der Waals surface area contributed by atoms with E-state index in [1.807, 2.05) is 47.5 Å². The number of H-pyrrole nitrogens is 1. The first kappa shape index (κ1) is 23.2. The van der Waals surface area contributed by atoms with E-state index >= 15 is 0 Å². The Balaban J connectivity index is 1.18. The SMILES string of the molecule is CC1c2ccc(-c3nccc(Nc4ccc(-c5cn[nH]c5)cc4)n3)cc2NC1C(=O)N1CCNC[C@H]1C. The molecule has 0 spiro atoms. The Morgan fingerprint density at radius 1 is 1.05 bits per heavy atom. The van der Waals surface area contributed by atoms with E-state index in [0.29, 0.717) is 11.6 Å². The van der Waals surface area contributed by atoms with E-state index in [0.717, 1.165) is 53.3 Å². The maximum atomic E-state index is 13.3. The van der Waals surface area contributed by atoms with E-state index in [-0.39, 0.29) is 23.9 Å². The number of fused-ring (bicyclic) bond motifs is 1. The van der Waals surface area contributed by atoms with Gasteiger partial charge < -0.3 is 20.9 Å². The minimum atomic E-state index is -0.259. The van der Waals surface area contributed by atoms with E-state index in [4.69, 9.17) is 4.98 Å². The molecule has 1 amide bonds. The van der Waals surface area contributed by atoms with Gasteiger partial charge in [0.1, 0.15) is 11.9 Å². The molecule has 0 bridgehead atoms. The number of carbonyl (C=O) groups excluding carboxylic acids is 1. The molecule has 188 valence electrons. The number of carbonyl (C=O) groups is 1. The lowest BCUT2D eigenvalue weighted by molar-refractivity contribution is -0.135. The van der Waals surface area contributed by atoms with Gasteiger partial charge in [0.05, 0.1) is 6.20 Å². The van der Waals surface area contributed by atoms with Crippen molar-refractivity contribution in [2.24, 2.45) is 0 Å². The Kier molecular flexibility index (Phi) is 6.05. The van der Waals surface area contributed by atoms with Crippen molar-refractivity contribution in [2.75, 3.05) is 30.3 Å². The van der Waals surface area contributed by atoms with Crippen LogP contribution in [0, 0.1) is 0 Å². The molecule has 2 aromatic carbocycles. The van der Waals surface area contributed by atoms with E-state index in [1.54, 1.807) is 12.4 Å². The third-order valence-corrected chi connectivity index (χ3v) is 7.31. The highest BCUT2D eigenvalue weighted by Crippen LogP contribution is 2.38. The molecule has 4 aromatic rings. The maximum Gasteiger partial charge on any atom is 0.246 e. The van der Waals surface area contributed by atoms with Gasteiger partial charge in [0, 0.05) is 66.5 Å². The molecule has 0 radical (unpaired) electrons. The average Bonchev–Trinajstić information content (AvgIpc) is 3.58. The largest absolute Gasteiger partial charge is 0.373 e. The molecule has 4 heterocycles. The standard InChI is InChI=1S/C28H30N8O/c1-17-14-29-11-12-36(17)28(37)26-18(2)23-8-5-20(13-24(23)34-26)27-30-10-9-25(35-27)33-22-6-3-19(4-7-22)21-15-31-32-16-21/h3-10,13,15-18,26,29,34H,11-12,14H2,1-2H3,(H,31,32)(H,30,33,35)/t17-,18?,26?/m1/s1. The minimum absolute atomic E-state index is 0.0950. The summed E-state index contributed by atoms with van der Waals surface area (Å²) in [4.78, 5) is 24.6. The highest BCUT2D eigenvalue weighted by atomic mass is 16.2. The number of aromatic nitrogens is 4.